The van der Waals surface area contributed by atoms with Gasteiger partial charge in [-0.15, -0.1) is 0 Å². The van der Waals surface area contributed by atoms with Crippen LogP contribution in [0.5, 0.6) is 23.0 Å². The monoisotopic (exact) mass is 308 g/mol. The third-order valence-corrected chi connectivity index (χ3v) is 3.61. The maximum absolute atomic E-state index is 11.7. The molecule has 1 aliphatic rings. The fraction of sp³-hybridized carbons (Fsp3) is 0.438. The van der Waals surface area contributed by atoms with Crippen LogP contribution in [0.25, 0.3) is 6.08 Å². The van der Waals surface area contributed by atoms with Crippen LogP contribution in [0.3, 0.4) is 0 Å². The van der Waals surface area contributed by atoms with E-state index < -0.39 is 0 Å². The second-order valence-electron chi connectivity index (χ2n) is 4.73. The zero-order valence-corrected chi connectivity index (χ0v) is 13.4. The lowest BCUT2D eigenvalue weighted by atomic mass is 10.0. The molecule has 0 unspecified atom stereocenters. The van der Waals surface area contributed by atoms with Crippen LogP contribution in [0.1, 0.15) is 17.5 Å². The van der Waals surface area contributed by atoms with Crippen LogP contribution in [-0.2, 0) is 9.53 Å². The molecule has 1 heterocycles. The molecule has 0 aliphatic carbocycles. The van der Waals surface area contributed by atoms with Crippen LogP contribution < -0.4 is 18.9 Å². The lowest BCUT2D eigenvalue weighted by Gasteiger charge is -2.20. The first kappa shape index (κ1) is 16.0. The molecule has 22 heavy (non-hydrogen) atoms. The van der Waals surface area contributed by atoms with Crippen molar-refractivity contribution >= 4 is 12.0 Å². The Kier molecular flexibility index (Phi) is 4.80. The number of benzene rings is 1. The van der Waals surface area contributed by atoms with Gasteiger partial charge in [0.25, 0.3) is 0 Å². The van der Waals surface area contributed by atoms with Crippen LogP contribution in [0.15, 0.2) is 5.57 Å². The number of carbonyl (C=O) groups excluding carboxylic acids is 1. The van der Waals surface area contributed by atoms with Crippen molar-refractivity contribution in [3.05, 3.63) is 16.7 Å². The summed E-state index contributed by atoms with van der Waals surface area (Å²) in [5.74, 6) is 1.60. The fourth-order valence-corrected chi connectivity index (χ4v) is 2.54. The highest BCUT2D eigenvalue weighted by atomic mass is 16.5. The number of carbonyl (C=O) groups is 1. The highest BCUT2D eigenvalue weighted by Gasteiger charge is 2.26. The van der Waals surface area contributed by atoms with E-state index in [0.717, 1.165) is 5.56 Å². The average molecular weight is 308 g/mol. The van der Waals surface area contributed by atoms with Crippen LogP contribution in [-0.4, -0.2) is 41.0 Å². The van der Waals surface area contributed by atoms with Gasteiger partial charge in [0.1, 0.15) is 0 Å². The molecule has 0 radical (unpaired) electrons. The second-order valence-corrected chi connectivity index (χ2v) is 4.73. The fourth-order valence-electron chi connectivity index (χ4n) is 2.54. The topological polar surface area (TPSA) is 63.2 Å². The van der Waals surface area contributed by atoms with Crippen molar-refractivity contribution in [1.29, 1.82) is 0 Å². The highest BCUT2D eigenvalue weighted by molar-refractivity contribution is 5.96. The van der Waals surface area contributed by atoms with E-state index in [2.05, 4.69) is 0 Å². The summed E-state index contributed by atoms with van der Waals surface area (Å²) in [6, 6.07) is 0. The Balaban J connectivity index is 2.74. The maximum atomic E-state index is 11.7. The SMILES string of the molecule is COc1c(C)c(C=C2CCOC2=O)c(OC)c(OC)c1OC. The first-order chi connectivity index (χ1) is 10.6. The second kappa shape index (κ2) is 6.60. The molecule has 0 saturated carbocycles. The van der Waals surface area contributed by atoms with Gasteiger partial charge in [0.15, 0.2) is 11.5 Å². The van der Waals surface area contributed by atoms with E-state index in [1.54, 1.807) is 13.2 Å². The maximum Gasteiger partial charge on any atom is 0.334 e. The van der Waals surface area contributed by atoms with Gasteiger partial charge in [0.2, 0.25) is 11.5 Å². The summed E-state index contributed by atoms with van der Waals surface area (Å²) < 4.78 is 26.7. The Morgan fingerprint density at radius 1 is 0.909 bits per heavy atom. The average Bonchev–Trinajstić information content (AvgIpc) is 2.93. The first-order valence-electron chi connectivity index (χ1n) is 6.83. The van der Waals surface area contributed by atoms with Crippen molar-refractivity contribution in [3.8, 4) is 23.0 Å². The number of cyclic esters (lactones) is 1. The van der Waals surface area contributed by atoms with Gasteiger partial charge in [-0.3, -0.25) is 0 Å². The predicted molar refractivity (Wildman–Crippen MR) is 80.9 cm³/mol. The van der Waals surface area contributed by atoms with Crippen molar-refractivity contribution in [1.82, 2.24) is 0 Å². The molecule has 0 N–H and O–H groups in total. The number of rotatable bonds is 5. The van der Waals surface area contributed by atoms with Gasteiger partial charge < -0.3 is 23.7 Å². The number of esters is 1. The predicted octanol–water partition coefficient (Wildman–Crippen LogP) is 2.36. The Morgan fingerprint density at radius 3 is 1.91 bits per heavy atom. The van der Waals surface area contributed by atoms with Crippen molar-refractivity contribution in [2.45, 2.75) is 13.3 Å². The minimum absolute atomic E-state index is 0.310. The van der Waals surface area contributed by atoms with Crippen molar-refractivity contribution < 1.29 is 28.5 Å². The van der Waals surface area contributed by atoms with Gasteiger partial charge in [-0.2, -0.15) is 0 Å². The minimum atomic E-state index is -0.310. The highest BCUT2D eigenvalue weighted by Crippen LogP contribution is 2.50. The van der Waals surface area contributed by atoms with Gasteiger partial charge in [0, 0.05) is 23.1 Å². The van der Waals surface area contributed by atoms with E-state index in [4.69, 9.17) is 23.7 Å². The normalized spacial score (nSPS) is 15.7. The molecule has 0 amide bonds. The summed E-state index contributed by atoms with van der Waals surface area (Å²) in [6.45, 7) is 2.27. The van der Waals surface area contributed by atoms with Gasteiger partial charge in [-0.1, -0.05) is 0 Å². The van der Waals surface area contributed by atoms with Crippen LogP contribution in [0.2, 0.25) is 0 Å². The summed E-state index contributed by atoms with van der Waals surface area (Å²) in [6.07, 6.45) is 2.33. The summed E-state index contributed by atoms with van der Waals surface area (Å²) in [7, 11) is 6.15. The standard InChI is InChI=1S/C16H20O6/c1-9-11(8-10-6-7-22-16(10)17)13(19-3)15(21-5)14(20-4)12(9)18-2/h8H,6-7H2,1-5H3. The Bertz CT molecular complexity index is 618. The Hall–Kier alpha value is -2.37. The smallest absolute Gasteiger partial charge is 0.334 e. The van der Waals surface area contributed by atoms with Gasteiger partial charge in [0.05, 0.1) is 35.0 Å². The van der Waals surface area contributed by atoms with Crippen molar-refractivity contribution in [2.75, 3.05) is 35.0 Å². The largest absolute Gasteiger partial charge is 0.492 e. The molecule has 0 atom stereocenters. The van der Waals surface area contributed by atoms with E-state index in [1.807, 2.05) is 6.92 Å². The molecule has 1 aromatic rings. The summed E-state index contributed by atoms with van der Waals surface area (Å²) in [4.78, 5) is 11.7. The van der Waals surface area contributed by atoms with Gasteiger partial charge >= 0.3 is 5.97 Å². The summed E-state index contributed by atoms with van der Waals surface area (Å²) in [5, 5.41) is 0. The third-order valence-electron chi connectivity index (χ3n) is 3.61. The van der Waals surface area contributed by atoms with Gasteiger partial charge in [-0.05, 0) is 13.0 Å². The number of methoxy groups -OCH3 is 4. The van der Waals surface area contributed by atoms with Crippen LogP contribution in [0.4, 0.5) is 0 Å². The lowest BCUT2D eigenvalue weighted by Crippen LogP contribution is -2.03. The number of hydrogen-bond acceptors (Lipinski definition) is 6. The molecule has 120 valence electrons. The Morgan fingerprint density at radius 2 is 1.45 bits per heavy atom. The zero-order chi connectivity index (χ0) is 16.3. The van der Waals surface area contributed by atoms with Crippen LogP contribution >= 0.6 is 0 Å². The molecule has 0 spiro atoms. The molecular formula is C16H20O6. The minimum Gasteiger partial charge on any atom is -0.492 e. The molecule has 1 saturated heterocycles. The van der Waals surface area contributed by atoms with E-state index in [-0.39, 0.29) is 5.97 Å². The molecular weight excluding hydrogens is 288 g/mol. The molecule has 2 rings (SSSR count). The molecule has 6 heteroatoms. The van der Waals surface area contributed by atoms with Crippen molar-refractivity contribution in [2.24, 2.45) is 0 Å². The molecule has 1 fully saturated rings. The Labute approximate surface area is 129 Å². The van der Waals surface area contributed by atoms with E-state index in [9.17, 15) is 4.79 Å². The quantitative estimate of drug-likeness (QED) is 0.614. The van der Waals surface area contributed by atoms with E-state index in [1.165, 1.54) is 21.3 Å². The molecule has 0 aromatic heterocycles. The number of ether oxygens (including phenoxy) is 5. The molecule has 6 nitrogen and oxygen atoms in total. The van der Waals surface area contributed by atoms with Gasteiger partial charge in [-0.25, -0.2) is 4.79 Å². The summed E-state index contributed by atoms with van der Waals surface area (Å²) >= 11 is 0. The summed E-state index contributed by atoms with van der Waals surface area (Å²) in [5.41, 5.74) is 2.10. The van der Waals surface area contributed by atoms with E-state index >= 15 is 0 Å². The van der Waals surface area contributed by atoms with Crippen LogP contribution in [0, 0.1) is 6.92 Å². The molecule has 1 aliphatic heterocycles. The lowest BCUT2D eigenvalue weighted by molar-refractivity contribution is -0.134. The van der Waals surface area contributed by atoms with Crippen molar-refractivity contribution in [3.63, 3.8) is 0 Å². The first-order valence-corrected chi connectivity index (χ1v) is 6.83. The zero-order valence-electron chi connectivity index (χ0n) is 13.4. The molecule has 1 aromatic carbocycles. The van der Waals surface area contributed by atoms with E-state index in [0.29, 0.717) is 47.2 Å². The molecule has 0 bridgehead atoms. The number of hydrogen-bond donors (Lipinski definition) is 0. The third kappa shape index (κ3) is 2.56.